The lowest BCUT2D eigenvalue weighted by molar-refractivity contribution is -0.145. The van der Waals surface area contributed by atoms with Crippen LogP contribution in [0.5, 0.6) is 0 Å². The molecule has 2 aliphatic rings. The SMILES string of the molecule is CCOC(=O)N1CC2C(=O)CC(=O)N(Cc3ccccc3)C2C1. The minimum absolute atomic E-state index is 0.0730. The number of carbonyl (C=O) groups excluding carboxylic acids is 3. The van der Waals surface area contributed by atoms with Crippen LogP contribution in [0.1, 0.15) is 18.9 Å². The average molecular weight is 316 g/mol. The van der Waals surface area contributed by atoms with Crippen LogP contribution in [0.3, 0.4) is 0 Å². The third-order valence-corrected chi connectivity index (χ3v) is 4.47. The number of carbonyl (C=O) groups is 3. The van der Waals surface area contributed by atoms with Gasteiger partial charge in [-0.1, -0.05) is 30.3 Å². The van der Waals surface area contributed by atoms with Gasteiger partial charge in [0.25, 0.3) is 0 Å². The van der Waals surface area contributed by atoms with Gasteiger partial charge in [0, 0.05) is 19.6 Å². The third-order valence-electron chi connectivity index (χ3n) is 4.47. The van der Waals surface area contributed by atoms with E-state index in [1.807, 2.05) is 30.3 Å². The maximum Gasteiger partial charge on any atom is 0.409 e. The van der Waals surface area contributed by atoms with E-state index in [1.165, 1.54) is 4.90 Å². The summed E-state index contributed by atoms with van der Waals surface area (Å²) in [6.07, 6.45) is -0.494. The molecule has 122 valence electrons. The van der Waals surface area contributed by atoms with E-state index >= 15 is 0 Å². The number of fused-ring (bicyclic) bond motifs is 1. The molecule has 0 saturated carbocycles. The molecule has 0 aliphatic carbocycles. The normalized spacial score (nSPS) is 23.9. The number of nitrogens with zero attached hydrogens (tertiary/aromatic N) is 2. The number of rotatable bonds is 3. The number of Topliss-reactive ketones (excluding diaryl/α,β-unsaturated/α-hetero) is 1. The standard InChI is InChI=1S/C17H20N2O4/c1-2-23-17(22)18-10-13-14(11-18)19(16(21)8-15(13)20)9-12-6-4-3-5-7-12/h3-7,13-14H,2,8-11H2,1H3. The highest BCUT2D eigenvalue weighted by Crippen LogP contribution is 2.30. The van der Waals surface area contributed by atoms with Gasteiger partial charge < -0.3 is 14.5 Å². The fourth-order valence-electron chi connectivity index (χ4n) is 3.33. The fourth-order valence-corrected chi connectivity index (χ4v) is 3.33. The zero-order valence-electron chi connectivity index (χ0n) is 13.1. The summed E-state index contributed by atoms with van der Waals surface area (Å²) in [7, 11) is 0. The average Bonchev–Trinajstić information content (AvgIpc) is 2.98. The van der Waals surface area contributed by atoms with Crippen molar-refractivity contribution in [2.75, 3.05) is 19.7 Å². The second kappa shape index (κ2) is 6.40. The number of benzene rings is 1. The molecule has 0 radical (unpaired) electrons. The van der Waals surface area contributed by atoms with E-state index in [-0.39, 0.29) is 30.1 Å². The van der Waals surface area contributed by atoms with Gasteiger partial charge in [0.05, 0.1) is 25.0 Å². The Morgan fingerprint density at radius 2 is 1.96 bits per heavy atom. The second-order valence-electron chi connectivity index (χ2n) is 5.93. The molecule has 2 atom stereocenters. The van der Waals surface area contributed by atoms with Gasteiger partial charge in [0.2, 0.25) is 5.91 Å². The lowest BCUT2D eigenvalue weighted by Gasteiger charge is -2.35. The van der Waals surface area contributed by atoms with Crippen molar-refractivity contribution in [3.05, 3.63) is 35.9 Å². The summed E-state index contributed by atoms with van der Waals surface area (Å²) in [5.41, 5.74) is 1.02. The Labute approximate surface area is 135 Å². The van der Waals surface area contributed by atoms with Gasteiger partial charge in [0.1, 0.15) is 5.78 Å². The number of likely N-dealkylation sites (tertiary alicyclic amines) is 2. The first-order valence-corrected chi connectivity index (χ1v) is 7.88. The molecule has 6 heteroatoms. The molecule has 2 aliphatic heterocycles. The second-order valence-corrected chi connectivity index (χ2v) is 5.93. The van der Waals surface area contributed by atoms with Gasteiger partial charge in [-0.2, -0.15) is 0 Å². The molecule has 0 bridgehead atoms. The van der Waals surface area contributed by atoms with Gasteiger partial charge >= 0.3 is 6.09 Å². The van der Waals surface area contributed by atoms with Gasteiger partial charge in [-0.15, -0.1) is 0 Å². The number of hydrogen-bond acceptors (Lipinski definition) is 4. The molecule has 0 N–H and O–H groups in total. The summed E-state index contributed by atoms with van der Waals surface area (Å²) in [6, 6.07) is 9.42. The molecule has 1 aromatic rings. The third kappa shape index (κ3) is 3.06. The molecule has 0 aromatic heterocycles. The molecular formula is C17H20N2O4. The van der Waals surface area contributed by atoms with E-state index in [1.54, 1.807) is 11.8 Å². The minimum atomic E-state index is -0.415. The van der Waals surface area contributed by atoms with Crippen LogP contribution in [0.25, 0.3) is 0 Å². The van der Waals surface area contributed by atoms with Gasteiger partial charge in [-0.05, 0) is 12.5 Å². The zero-order valence-corrected chi connectivity index (χ0v) is 13.1. The zero-order chi connectivity index (χ0) is 16.4. The van der Waals surface area contributed by atoms with E-state index in [0.717, 1.165) is 5.56 Å². The molecule has 2 unspecified atom stereocenters. The molecule has 23 heavy (non-hydrogen) atoms. The largest absolute Gasteiger partial charge is 0.450 e. The molecule has 2 fully saturated rings. The van der Waals surface area contributed by atoms with Crippen LogP contribution in [-0.4, -0.2) is 53.3 Å². The number of ether oxygens (including phenoxy) is 1. The van der Waals surface area contributed by atoms with Crippen molar-refractivity contribution >= 4 is 17.8 Å². The highest BCUT2D eigenvalue weighted by atomic mass is 16.6. The highest BCUT2D eigenvalue weighted by Gasteiger charge is 2.48. The molecule has 0 spiro atoms. The van der Waals surface area contributed by atoms with Gasteiger partial charge in [-0.3, -0.25) is 9.59 Å². The summed E-state index contributed by atoms with van der Waals surface area (Å²) in [6.45, 7) is 3.20. The first-order chi connectivity index (χ1) is 11.1. The van der Waals surface area contributed by atoms with Crippen molar-refractivity contribution < 1.29 is 19.1 Å². The van der Waals surface area contributed by atoms with E-state index < -0.39 is 6.09 Å². The fraction of sp³-hybridized carbons (Fsp3) is 0.471. The molecule has 3 rings (SSSR count). The Hall–Kier alpha value is -2.37. The number of piperidine rings is 1. The van der Waals surface area contributed by atoms with E-state index in [2.05, 4.69) is 0 Å². The lowest BCUT2D eigenvalue weighted by atomic mass is 9.90. The van der Waals surface area contributed by atoms with Crippen LogP contribution < -0.4 is 0 Å². The monoisotopic (exact) mass is 316 g/mol. The number of hydrogen-bond donors (Lipinski definition) is 0. The van der Waals surface area contributed by atoms with E-state index in [0.29, 0.717) is 26.2 Å². The maximum atomic E-state index is 12.3. The Bertz CT molecular complexity index is 616. The van der Waals surface area contributed by atoms with Crippen LogP contribution >= 0.6 is 0 Å². The van der Waals surface area contributed by atoms with Crippen molar-refractivity contribution in [2.45, 2.75) is 25.9 Å². The predicted molar refractivity (Wildman–Crippen MR) is 82.5 cm³/mol. The summed E-state index contributed by atoms with van der Waals surface area (Å²) in [5.74, 6) is -0.539. The molecular weight excluding hydrogens is 296 g/mol. The summed E-state index contributed by atoms with van der Waals surface area (Å²) in [5, 5.41) is 0. The van der Waals surface area contributed by atoms with E-state index in [9.17, 15) is 14.4 Å². The first kappa shape index (κ1) is 15.5. The predicted octanol–water partition coefficient (Wildman–Crippen LogP) is 1.44. The van der Waals surface area contributed by atoms with Crippen LogP contribution in [0.2, 0.25) is 0 Å². The Kier molecular flexibility index (Phi) is 4.32. The van der Waals surface area contributed by atoms with Crippen molar-refractivity contribution in [1.29, 1.82) is 0 Å². The van der Waals surface area contributed by atoms with Crippen LogP contribution in [0.15, 0.2) is 30.3 Å². The Balaban J connectivity index is 1.78. The van der Waals surface area contributed by atoms with Crippen molar-refractivity contribution in [3.63, 3.8) is 0 Å². The highest BCUT2D eigenvalue weighted by molar-refractivity contribution is 6.02. The quantitative estimate of drug-likeness (QED) is 0.792. The minimum Gasteiger partial charge on any atom is -0.450 e. The molecule has 2 saturated heterocycles. The first-order valence-electron chi connectivity index (χ1n) is 7.88. The number of amides is 2. The van der Waals surface area contributed by atoms with Gasteiger partial charge in [-0.25, -0.2) is 4.79 Å². The van der Waals surface area contributed by atoms with Crippen LogP contribution in [0.4, 0.5) is 4.79 Å². The van der Waals surface area contributed by atoms with Crippen LogP contribution in [0, 0.1) is 5.92 Å². The maximum absolute atomic E-state index is 12.3. The Morgan fingerprint density at radius 1 is 1.22 bits per heavy atom. The molecule has 2 heterocycles. The lowest BCUT2D eigenvalue weighted by Crippen LogP contribution is -2.51. The van der Waals surface area contributed by atoms with E-state index in [4.69, 9.17) is 4.74 Å². The van der Waals surface area contributed by atoms with Crippen molar-refractivity contribution in [3.8, 4) is 0 Å². The molecule has 1 aromatic carbocycles. The van der Waals surface area contributed by atoms with Crippen molar-refractivity contribution in [2.24, 2.45) is 5.92 Å². The topological polar surface area (TPSA) is 66.9 Å². The van der Waals surface area contributed by atoms with Crippen LogP contribution in [-0.2, 0) is 20.9 Å². The summed E-state index contributed by atoms with van der Waals surface area (Å²) >= 11 is 0. The summed E-state index contributed by atoms with van der Waals surface area (Å²) < 4.78 is 5.02. The summed E-state index contributed by atoms with van der Waals surface area (Å²) in [4.78, 5) is 39.7. The van der Waals surface area contributed by atoms with Crippen molar-refractivity contribution in [1.82, 2.24) is 9.80 Å². The smallest absolute Gasteiger partial charge is 0.409 e. The Morgan fingerprint density at radius 3 is 2.65 bits per heavy atom. The van der Waals surface area contributed by atoms with Gasteiger partial charge in [0.15, 0.2) is 0 Å². The molecule has 2 amide bonds. The number of ketones is 1. The molecule has 6 nitrogen and oxygen atoms in total.